The van der Waals surface area contributed by atoms with Gasteiger partial charge in [0.1, 0.15) is 5.75 Å². The average molecular weight is 259 g/mol. The summed E-state index contributed by atoms with van der Waals surface area (Å²) in [5.74, 6) is -0.376. The molecule has 0 aliphatic heterocycles. The van der Waals surface area contributed by atoms with Gasteiger partial charge in [-0.3, -0.25) is 0 Å². The van der Waals surface area contributed by atoms with Gasteiger partial charge in [0.25, 0.3) is 0 Å². The molecule has 0 saturated carbocycles. The van der Waals surface area contributed by atoms with Gasteiger partial charge in [-0.15, -0.1) is 0 Å². The van der Waals surface area contributed by atoms with E-state index in [1.54, 1.807) is 6.07 Å². The molecule has 0 bridgehead atoms. The van der Waals surface area contributed by atoms with Crippen LogP contribution < -0.4 is 4.74 Å². The van der Waals surface area contributed by atoms with Gasteiger partial charge in [-0.05, 0) is 31.5 Å². The third-order valence-corrected chi connectivity index (χ3v) is 2.29. The summed E-state index contributed by atoms with van der Waals surface area (Å²) >= 11 is 3.30. The first-order chi connectivity index (χ1) is 6.50. The number of aliphatic carboxylic acids is 1. The predicted molar refractivity (Wildman–Crippen MR) is 56.6 cm³/mol. The summed E-state index contributed by atoms with van der Waals surface area (Å²) in [6.07, 6.45) is -0.831. The van der Waals surface area contributed by atoms with Gasteiger partial charge in [-0.2, -0.15) is 0 Å². The summed E-state index contributed by atoms with van der Waals surface area (Å²) in [5.41, 5.74) is 0.918. The van der Waals surface area contributed by atoms with E-state index in [1.165, 1.54) is 6.92 Å². The van der Waals surface area contributed by atoms with E-state index in [4.69, 9.17) is 9.84 Å². The number of benzene rings is 1. The van der Waals surface area contributed by atoms with Crippen LogP contribution in [0.5, 0.6) is 5.75 Å². The second kappa shape index (κ2) is 4.46. The molecular weight excluding hydrogens is 248 g/mol. The van der Waals surface area contributed by atoms with Crippen LogP contribution in [0.1, 0.15) is 12.5 Å². The molecule has 0 fully saturated rings. The number of hydrogen-bond donors (Lipinski definition) is 1. The van der Waals surface area contributed by atoms with Gasteiger partial charge in [0, 0.05) is 4.47 Å². The quantitative estimate of drug-likeness (QED) is 0.907. The molecule has 0 aliphatic carbocycles. The highest BCUT2D eigenvalue weighted by atomic mass is 79.9. The molecule has 1 atom stereocenters. The predicted octanol–water partition coefficient (Wildman–Crippen LogP) is 2.61. The number of aryl methyl sites for hydroxylation is 1. The fourth-order valence-electron chi connectivity index (χ4n) is 0.942. The standard InChI is InChI=1S/C10H11BrO3/c1-6-3-4-8(11)5-9(6)14-7(2)10(12)13/h3-5,7H,1-2H3,(H,12,13)/t7-/m0/s1. The molecule has 1 N–H and O–H groups in total. The molecule has 0 amide bonds. The average Bonchev–Trinajstić information content (AvgIpc) is 2.11. The van der Waals surface area contributed by atoms with E-state index < -0.39 is 12.1 Å². The van der Waals surface area contributed by atoms with Crippen LogP contribution in [0.4, 0.5) is 0 Å². The zero-order chi connectivity index (χ0) is 10.7. The Hall–Kier alpha value is -1.03. The van der Waals surface area contributed by atoms with Crippen molar-refractivity contribution >= 4 is 21.9 Å². The van der Waals surface area contributed by atoms with Crippen LogP contribution in [0, 0.1) is 6.92 Å². The number of halogens is 1. The van der Waals surface area contributed by atoms with Crippen molar-refractivity contribution in [3.05, 3.63) is 28.2 Å². The zero-order valence-corrected chi connectivity index (χ0v) is 9.54. The lowest BCUT2D eigenvalue weighted by Crippen LogP contribution is -2.23. The monoisotopic (exact) mass is 258 g/mol. The Morgan fingerprint density at radius 1 is 1.57 bits per heavy atom. The Bertz CT molecular complexity index is 349. The maximum Gasteiger partial charge on any atom is 0.344 e. The summed E-state index contributed by atoms with van der Waals surface area (Å²) in [6.45, 7) is 3.37. The van der Waals surface area contributed by atoms with E-state index >= 15 is 0 Å². The molecule has 0 heterocycles. The lowest BCUT2D eigenvalue weighted by Gasteiger charge is -2.12. The molecule has 1 aromatic carbocycles. The van der Waals surface area contributed by atoms with Gasteiger partial charge in [-0.1, -0.05) is 22.0 Å². The third kappa shape index (κ3) is 2.73. The normalized spacial score (nSPS) is 12.2. The fourth-order valence-corrected chi connectivity index (χ4v) is 1.28. The topological polar surface area (TPSA) is 46.5 Å². The van der Waals surface area contributed by atoms with Crippen molar-refractivity contribution in [3.63, 3.8) is 0 Å². The highest BCUT2D eigenvalue weighted by Crippen LogP contribution is 2.23. The minimum Gasteiger partial charge on any atom is -0.479 e. The van der Waals surface area contributed by atoms with E-state index in [1.807, 2.05) is 19.1 Å². The summed E-state index contributed by atoms with van der Waals surface area (Å²) in [4.78, 5) is 10.6. The molecule has 3 nitrogen and oxygen atoms in total. The largest absolute Gasteiger partial charge is 0.479 e. The van der Waals surface area contributed by atoms with E-state index in [0.29, 0.717) is 5.75 Å². The van der Waals surface area contributed by atoms with Crippen molar-refractivity contribution in [2.75, 3.05) is 0 Å². The van der Waals surface area contributed by atoms with Crippen LogP contribution in [0.25, 0.3) is 0 Å². The molecule has 1 aromatic rings. The smallest absolute Gasteiger partial charge is 0.344 e. The Balaban J connectivity index is 2.85. The summed E-state index contributed by atoms with van der Waals surface area (Å²) < 4.78 is 6.13. The van der Waals surface area contributed by atoms with Crippen LogP contribution in [0.3, 0.4) is 0 Å². The highest BCUT2D eigenvalue weighted by Gasteiger charge is 2.13. The molecular formula is C10H11BrO3. The molecule has 0 spiro atoms. The van der Waals surface area contributed by atoms with Gasteiger partial charge in [0.05, 0.1) is 0 Å². The Kier molecular flexibility index (Phi) is 3.52. The van der Waals surface area contributed by atoms with Crippen molar-refractivity contribution < 1.29 is 14.6 Å². The second-order valence-corrected chi connectivity index (χ2v) is 3.92. The maximum absolute atomic E-state index is 10.6. The lowest BCUT2D eigenvalue weighted by atomic mass is 10.2. The van der Waals surface area contributed by atoms with Gasteiger partial charge in [0.2, 0.25) is 0 Å². The molecule has 1 rings (SSSR count). The number of carboxylic acids is 1. The van der Waals surface area contributed by atoms with Gasteiger partial charge in [-0.25, -0.2) is 4.79 Å². The van der Waals surface area contributed by atoms with Gasteiger partial charge < -0.3 is 9.84 Å². The third-order valence-electron chi connectivity index (χ3n) is 1.80. The first-order valence-corrected chi connectivity index (χ1v) is 4.95. The molecule has 0 aliphatic rings. The lowest BCUT2D eigenvalue weighted by molar-refractivity contribution is -0.144. The van der Waals surface area contributed by atoms with E-state index in [9.17, 15) is 4.79 Å². The first kappa shape index (κ1) is 11.0. The molecule has 0 aromatic heterocycles. The van der Waals surface area contributed by atoms with Crippen LogP contribution in [0.2, 0.25) is 0 Å². The number of ether oxygens (including phenoxy) is 1. The SMILES string of the molecule is Cc1ccc(Br)cc1O[C@@H](C)C(=O)O. The van der Waals surface area contributed by atoms with Crippen molar-refractivity contribution in [3.8, 4) is 5.75 Å². The summed E-state index contributed by atoms with van der Waals surface area (Å²) in [5, 5.41) is 8.67. The van der Waals surface area contributed by atoms with E-state index in [-0.39, 0.29) is 0 Å². The van der Waals surface area contributed by atoms with Gasteiger partial charge >= 0.3 is 5.97 Å². The number of rotatable bonds is 3. The Morgan fingerprint density at radius 3 is 2.79 bits per heavy atom. The number of carbonyl (C=O) groups is 1. The fraction of sp³-hybridized carbons (Fsp3) is 0.300. The van der Waals surface area contributed by atoms with Crippen molar-refractivity contribution in [2.45, 2.75) is 20.0 Å². The molecule has 14 heavy (non-hydrogen) atoms. The summed E-state index contributed by atoms with van der Waals surface area (Å²) in [7, 11) is 0. The van der Waals surface area contributed by atoms with Crippen LogP contribution in [-0.4, -0.2) is 17.2 Å². The minimum absolute atomic E-state index is 0.592. The molecule has 0 unspecified atom stereocenters. The molecule has 0 radical (unpaired) electrons. The summed E-state index contributed by atoms with van der Waals surface area (Å²) in [6, 6.07) is 5.51. The number of carboxylic acid groups (broad SMARTS) is 1. The zero-order valence-electron chi connectivity index (χ0n) is 7.95. The van der Waals surface area contributed by atoms with Crippen LogP contribution >= 0.6 is 15.9 Å². The number of hydrogen-bond acceptors (Lipinski definition) is 2. The van der Waals surface area contributed by atoms with Crippen LogP contribution in [0.15, 0.2) is 22.7 Å². The van der Waals surface area contributed by atoms with Gasteiger partial charge in [0.15, 0.2) is 6.10 Å². The molecule has 0 saturated heterocycles. The highest BCUT2D eigenvalue weighted by molar-refractivity contribution is 9.10. The second-order valence-electron chi connectivity index (χ2n) is 3.01. The minimum atomic E-state index is -0.968. The van der Waals surface area contributed by atoms with Crippen molar-refractivity contribution in [1.29, 1.82) is 0 Å². The van der Waals surface area contributed by atoms with Crippen molar-refractivity contribution in [1.82, 2.24) is 0 Å². The van der Waals surface area contributed by atoms with E-state index in [2.05, 4.69) is 15.9 Å². The Labute approximate surface area is 90.8 Å². The molecule has 76 valence electrons. The first-order valence-electron chi connectivity index (χ1n) is 4.16. The molecule has 4 heteroatoms. The van der Waals surface area contributed by atoms with Crippen molar-refractivity contribution in [2.24, 2.45) is 0 Å². The Morgan fingerprint density at radius 2 is 2.21 bits per heavy atom. The van der Waals surface area contributed by atoms with E-state index in [0.717, 1.165) is 10.0 Å². The van der Waals surface area contributed by atoms with Crippen LogP contribution in [-0.2, 0) is 4.79 Å². The maximum atomic E-state index is 10.6.